The molecule has 0 radical (unpaired) electrons. The zero-order valence-corrected chi connectivity index (χ0v) is 9.42. The third-order valence-corrected chi connectivity index (χ3v) is 2.98. The lowest BCUT2D eigenvalue weighted by molar-refractivity contribution is 0.433. The van der Waals surface area contributed by atoms with E-state index in [2.05, 4.69) is 11.9 Å². The summed E-state index contributed by atoms with van der Waals surface area (Å²) in [7, 11) is 1.96. The molecule has 2 nitrogen and oxygen atoms in total. The zero-order valence-electron chi connectivity index (χ0n) is 8.67. The van der Waals surface area contributed by atoms with E-state index in [1.807, 2.05) is 11.9 Å². The molecule has 0 saturated heterocycles. The molecule has 2 rings (SSSR count). The first-order valence-corrected chi connectivity index (χ1v) is 5.20. The number of rotatable bonds is 1. The predicted octanol–water partition coefficient (Wildman–Crippen LogP) is 2.56. The van der Waals surface area contributed by atoms with Crippen LogP contribution in [-0.4, -0.2) is 30.4 Å². The molecule has 1 aliphatic rings. The smallest absolute Gasteiger partial charge is 0.142 e. The number of hydrogen-bond acceptors (Lipinski definition) is 2. The molecule has 80 valence electrons. The van der Waals surface area contributed by atoms with Crippen molar-refractivity contribution in [2.24, 2.45) is 4.99 Å². The lowest BCUT2D eigenvalue weighted by Crippen LogP contribution is -2.30. The highest BCUT2D eigenvalue weighted by molar-refractivity contribution is 6.30. The maximum Gasteiger partial charge on any atom is 0.142 e. The van der Waals surface area contributed by atoms with Gasteiger partial charge in [0, 0.05) is 18.7 Å². The van der Waals surface area contributed by atoms with E-state index in [0.29, 0.717) is 6.04 Å². The molecule has 0 spiro atoms. The second-order valence-electron chi connectivity index (χ2n) is 3.75. The molecule has 0 amide bonds. The summed E-state index contributed by atoms with van der Waals surface area (Å²) in [6.45, 7) is 2.85. The fourth-order valence-corrected chi connectivity index (χ4v) is 1.71. The molecule has 1 atom stereocenters. The molecule has 0 fully saturated rings. The summed E-state index contributed by atoms with van der Waals surface area (Å²) in [5.41, 5.74) is 0.781. The van der Waals surface area contributed by atoms with Gasteiger partial charge in [-0.05, 0) is 25.1 Å². The van der Waals surface area contributed by atoms with Crippen LogP contribution in [0.4, 0.5) is 4.39 Å². The van der Waals surface area contributed by atoms with Gasteiger partial charge in [0.15, 0.2) is 0 Å². The average molecular weight is 227 g/mol. The van der Waals surface area contributed by atoms with Crippen LogP contribution in [0, 0.1) is 5.82 Å². The summed E-state index contributed by atoms with van der Waals surface area (Å²) in [4.78, 5) is 6.42. The number of nitrogens with zero attached hydrogens (tertiary/aromatic N) is 2. The lowest BCUT2D eigenvalue weighted by Gasteiger charge is -2.19. The SMILES string of the molecule is CC1CN=C(c2ccc(Cl)c(F)c2)N1C. The molecule has 0 aromatic heterocycles. The molecular weight excluding hydrogens is 215 g/mol. The van der Waals surface area contributed by atoms with E-state index >= 15 is 0 Å². The summed E-state index contributed by atoms with van der Waals surface area (Å²) >= 11 is 5.62. The number of likely N-dealkylation sites (N-methyl/N-ethyl adjacent to an activating group) is 1. The normalized spacial score (nSPS) is 20.7. The van der Waals surface area contributed by atoms with E-state index in [1.54, 1.807) is 12.1 Å². The van der Waals surface area contributed by atoms with Gasteiger partial charge < -0.3 is 4.90 Å². The summed E-state index contributed by atoms with van der Waals surface area (Å²) in [6.07, 6.45) is 0. The van der Waals surface area contributed by atoms with Gasteiger partial charge in [-0.3, -0.25) is 4.99 Å². The van der Waals surface area contributed by atoms with Crippen molar-refractivity contribution in [2.75, 3.05) is 13.6 Å². The first-order valence-electron chi connectivity index (χ1n) is 4.82. The number of benzene rings is 1. The van der Waals surface area contributed by atoms with Gasteiger partial charge in [-0.25, -0.2) is 4.39 Å². The standard InChI is InChI=1S/C11H12ClFN2/c1-7-6-14-11(15(7)2)8-3-4-9(12)10(13)5-8/h3-5,7H,6H2,1-2H3. The van der Waals surface area contributed by atoms with Crippen molar-refractivity contribution in [1.29, 1.82) is 0 Å². The van der Waals surface area contributed by atoms with Crippen molar-refractivity contribution in [2.45, 2.75) is 13.0 Å². The van der Waals surface area contributed by atoms with Crippen LogP contribution in [0.2, 0.25) is 5.02 Å². The van der Waals surface area contributed by atoms with Crippen molar-refractivity contribution in [3.63, 3.8) is 0 Å². The van der Waals surface area contributed by atoms with Crippen molar-refractivity contribution >= 4 is 17.4 Å². The van der Waals surface area contributed by atoms with Crippen LogP contribution in [0.5, 0.6) is 0 Å². The van der Waals surface area contributed by atoms with E-state index in [0.717, 1.165) is 17.9 Å². The molecule has 1 unspecified atom stereocenters. The maximum atomic E-state index is 13.3. The fourth-order valence-electron chi connectivity index (χ4n) is 1.59. The van der Waals surface area contributed by atoms with Crippen LogP contribution in [0.25, 0.3) is 0 Å². The van der Waals surface area contributed by atoms with Gasteiger partial charge in [-0.2, -0.15) is 0 Å². The number of hydrogen-bond donors (Lipinski definition) is 0. The van der Waals surface area contributed by atoms with Crippen LogP contribution >= 0.6 is 11.6 Å². The molecule has 1 aromatic carbocycles. The second kappa shape index (κ2) is 3.81. The minimum Gasteiger partial charge on any atom is -0.355 e. The molecular formula is C11H12ClFN2. The summed E-state index contributed by atoms with van der Waals surface area (Å²) in [5, 5.41) is 0.146. The first-order chi connectivity index (χ1) is 7.09. The molecule has 0 bridgehead atoms. The Balaban J connectivity index is 2.35. The van der Waals surface area contributed by atoms with Crippen molar-refractivity contribution in [3.05, 3.63) is 34.6 Å². The fraction of sp³-hybridized carbons (Fsp3) is 0.364. The minimum atomic E-state index is -0.398. The third-order valence-electron chi connectivity index (χ3n) is 2.68. The van der Waals surface area contributed by atoms with Gasteiger partial charge in [0.2, 0.25) is 0 Å². The van der Waals surface area contributed by atoms with Gasteiger partial charge in [0.05, 0.1) is 11.6 Å². The molecule has 0 N–H and O–H groups in total. The predicted molar refractivity (Wildman–Crippen MR) is 60.0 cm³/mol. The number of amidine groups is 1. The average Bonchev–Trinajstić information content (AvgIpc) is 2.53. The van der Waals surface area contributed by atoms with Crippen LogP contribution in [0.15, 0.2) is 23.2 Å². The number of aliphatic imine (C=N–C) groups is 1. The van der Waals surface area contributed by atoms with Gasteiger partial charge in [-0.1, -0.05) is 11.6 Å². The zero-order chi connectivity index (χ0) is 11.0. The van der Waals surface area contributed by atoms with E-state index in [-0.39, 0.29) is 5.02 Å². The summed E-state index contributed by atoms with van der Waals surface area (Å²) < 4.78 is 13.3. The minimum absolute atomic E-state index is 0.146. The van der Waals surface area contributed by atoms with Crippen molar-refractivity contribution in [3.8, 4) is 0 Å². The largest absolute Gasteiger partial charge is 0.355 e. The monoisotopic (exact) mass is 226 g/mol. The molecule has 0 saturated carbocycles. The van der Waals surface area contributed by atoms with E-state index < -0.39 is 5.82 Å². The molecule has 1 heterocycles. The topological polar surface area (TPSA) is 15.6 Å². The summed E-state index contributed by atoms with van der Waals surface area (Å²) in [5.74, 6) is 0.433. The quantitative estimate of drug-likeness (QED) is 0.719. The van der Waals surface area contributed by atoms with Gasteiger partial charge in [-0.15, -0.1) is 0 Å². The second-order valence-corrected chi connectivity index (χ2v) is 4.16. The van der Waals surface area contributed by atoms with Crippen LogP contribution in [-0.2, 0) is 0 Å². The van der Waals surface area contributed by atoms with Crippen LogP contribution in [0.1, 0.15) is 12.5 Å². The molecule has 1 aliphatic heterocycles. The Morgan fingerprint density at radius 1 is 1.53 bits per heavy atom. The molecule has 0 aliphatic carbocycles. The Labute approximate surface area is 93.4 Å². The Bertz CT molecular complexity index is 417. The third kappa shape index (κ3) is 1.84. The number of halogens is 2. The van der Waals surface area contributed by atoms with Crippen LogP contribution in [0.3, 0.4) is 0 Å². The lowest BCUT2D eigenvalue weighted by atomic mass is 10.2. The van der Waals surface area contributed by atoms with E-state index in [4.69, 9.17) is 11.6 Å². The summed E-state index contributed by atoms with van der Waals surface area (Å²) in [6, 6.07) is 5.15. The maximum absolute atomic E-state index is 13.3. The van der Waals surface area contributed by atoms with Gasteiger partial charge in [0.25, 0.3) is 0 Å². The molecule has 1 aromatic rings. The van der Waals surface area contributed by atoms with E-state index in [9.17, 15) is 4.39 Å². The van der Waals surface area contributed by atoms with Gasteiger partial charge in [0.1, 0.15) is 11.7 Å². The first kappa shape index (κ1) is 10.4. The van der Waals surface area contributed by atoms with Crippen LogP contribution < -0.4 is 0 Å². The van der Waals surface area contributed by atoms with Crippen molar-refractivity contribution < 1.29 is 4.39 Å². The Morgan fingerprint density at radius 3 is 2.80 bits per heavy atom. The highest BCUT2D eigenvalue weighted by atomic mass is 35.5. The highest BCUT2D eigenvalue weighted by Gasteiger charge is 2.21. The Morgan fingerprint density at radius 2 is 2.27 bits per heavy atom. The highest BCUT2D eigenvalue weighted by Crippen LogP contribution is 2.19. The van der Waals surface area contributed by atoms with E-state index in [1.165, 1.54) is 6.07 Å². The van der Waals surface area contributed by atoms with Gasteiger partial charge >= 0.3 is 0 Å². The Hall–Kier alpha value is -1.09. The molecule has 15 heavy (non-hydrogen) atoms. The molecule has 4 heteroatoms. The Kier molecular flexibility index (Phi) is 2.65. The van der Waals surface area contributed by atoms with Crippen molar-refractivity contribution in [1.82, 2.24) is 4.90 Å².